The molecule has 0 saturated heterocycles. The number of carbonyl (C=O) groups is 1. The molecular weight excluding hydrogens is 482 g/mol. The average molecular weight is 542 g/mol. The van der Waals surface area contributed by atoms with Crippen molar-refractivity contribution < 1.29 is 9.90 Å². The Balaban J connectivity index is 2.40. The van der Waals surface area contributed by atoms with E-state index in [2.05, 4.69) is 92.3 Å². The van der Waals surface area contributed by atoms with Crippen LogP contribution in [0, 0.1) is 22.2 Å². The van der Waals surface area contributed by atoms with Crippen LogP contribution < -0.4 is 0 Å². The lowest BCUT2D eigenvalue weighted by Crippen LogP contribution is -2.53. The summed E-state index contributed by atoms with van der Waals surface area (Å²) in [5.41, 5.74) is 1.64. The molecule has 1 unspecified atom stereocenters. The Morgan fingerprint density at radius 2 is 1.62 bits per heavy atom. The Morgan fingerprint density at radius 1 is 1.05 bits per heavy atom. The second kappa shape index (κ2) is 12.7. The molecule has 1 heterocycles. The summed E-state index contributed by atoms with van der Waals surface area (Å²) in [5, 5.41) is 9.35. The molecule has 0 radical (unpaired) electrons. The maximum atomic E-state index is 11.4. The van der Waals surface area contributed by atoms with Gasteiger partial charge in [-0.25, -0.2) is 9.79 Å². The minimum atomic E-state index is -0.995. The van der Waals surface area contributed by atoms with Crippen molar-refractivity contribution in [2.24, 2.45) is 27.2 Å². The van der Waals surface area contributed by atoms with Crippen LogP contribution in [0.4, 0.5) is 0 Å². The quantitative estimate of drug-likeness (QED) is 0.223. The van der Waals surface area contributed by atoms with Gasteiger partial charge < -0.3 is 10.0 Å². The van der Waals surface area contributed by atoms with Crippen molar-refractivity contribution in [1.29, 1.82) is 0 Å². The van der Waals surface area contributed by atoms with Gasteiger partial charge in [-0.05, 0) is 85.2 Å². The maximum absolute atomic E-state index is 11.4. The van der Waals surface area contributed by atoms with Crippen molar-refractivity contribution in [3.63, 3.8) is 0 Å². The number of hydrogen-bond acceptors (Lipinski definition) is 4. The van der Waals surface area contributed by atoms with E-state index in [0.717, 1.165) is 50.8 Å². The normalized spacial score (nSPS) is 23.7. The van der Waals surface area contributed by atoms with Crippen molar-refractivity contribution in [3.8, 4) is 0 Å². The summed E-state index contributed by atoms with van der Waals surface area (Å²) in [5.74, 6) is 0.889. The van der Waals surface area contributed by atoms with E-state index < -0.39 is 5.97 Å². The zero-order valence-electron chi connectivity index (χ0n) is 27.0. The maximum Gasteiger partial charge on any atom is 0.335 e. The van der Waals surface area contributed by atoms with Crippen LogP contribution in [0.2, 0.25) is 0 Å². The van der Waals surface area contributed by atoms with Gasteiger partial charge in [0.25, 0.3) is 0 Å². The molecule has 1 aliphatic carbocycles. The van der Waals surface area contributed by atoms with Gasteiger partial charge in [-0.2, -0.15) is 0 Å². The molecule has 5 heteroatoms. The summed E-state index contributed by atoms with van der Waals surface area (Å²) in [7, 11) is 2.20. The number of aliphatic imine (C=N–C) groups is 1. The van der Waals surface area contributed by atoms with Crippen molar-refractivity contribution >= 4 is 11.8 Å². The van der Waals surface area contributed by atoms with Gasteiger partial charge in [0.2, 0.25) is 0 Å². The first-order valence-corrected chi connectivity index (χ1v) is 15.1. The van der Waals surface area contributed by atoms with Gasteiger partial charge in [0, 0.05) is 19.6 Å². The van der Waals surface area contributed by atoms with Gasteiger partial charge in [0.15, 0.2) is 0 Å². The van der Waals surface area contributed by atoms with Crippen LogP contribution in [0.3, 0.4) is 0 Å². The van der Waals surface area contributed by atoms with Crippen LogP contribution in [-0.4, -0.2) is 58.6 Å². The molecule has 1 saturated carbocycles. The molecule has 1 aliphatic heterocycles. The predicted octanol–water partition coefficient (Wildman–Crippen LogP) is 8.34. The highest BCUT2D eigenvalue weighted by molar-refractivity contribution is 5.89. The Hall–Kier alpha value is -1.88. The van der Waals surface area contributed by atoms with Crippen LogP contribution >= 0.6 is 0 Å². The molecule has 0 aromatic carbocycles. The van der Waals surface area contributed by atoms with E-state index in [1.807, 2.05) is 6.08 Å². The van der Waals surface area contributed by atoms with Gasteiger partial charge >= 0.3 is 5.97 Å². The van der Waals surface area contributed by atoms with Crippen molar-refractivity contribution in [3.05, 3.63) is 36.5 Å². The van der Waals surface area contributed by atoms with Crippen LogP contribution in [-0.2, 0) is 4.79 Å². The first-order chi connectivity index (χ1) is 17.7. The molecule has 1 N–H and O–H groups in total. The number of nitrogens with zero attached hydrogens (tertiary/aromatic N) is 3. The highest BCUT2D eigenvalue weighted by Crippen LogP contribution is 2.48. The van der Waals surface area contributed by atoms with E-state index in [4.69, 9.17) is 4.99 Å². The third-order valence-corrected chi connectivity index (χ3v) is 8.80. The van der Waals surface area contributed by atoms with Crippen LogP contribution in [0.5, 0.6) is 0 Å². The topological polar surface area (TPSA) is 56.1 Å². The molecule has 0 amide bonds. The summed E-state index contributed by atoms with van der Waals surface area (Å²) in [6.07, 6.45) is 12.3. The number of amidine groups is 1. The molecule has 39 heavy (non-hydrogen) atoms. The Kier molecular flexibility index (Phi) is 10.9. The molecule has 2 aliphatic rings. The number of likely N-dealkylation sites (N-methyl/N-ethyl adjacent to an activating group) is 1. The third kappa shape index (κ3) is 9.92. The van der Waals surface area contributed by atoms with E-state index in [1.165, 1.54) is 25.1 Å². The number of carboxylic acids is 1. The smallest absolute Gasteiger partial charge is 0.335 e. The van der Waals surface area contributed by atoms with Crippen molar-refractivity contribution in [2.45, 2.75) is 125 Å². The number of hydrogen-bond donors (Lipinski definition) is 1. The first-order valence-electron chi connectivity index (χ1n) is 15.1. The SMILES string of the molecule is C=C(/C=C\C(=C)C(CCC(C)(C)C)N1CC(N(C)CCCC(C)(C)C)=NC12CCC(C(C)(C)C)CC2)C(=O)O. The standard InChI is InChI=1S/C34H59N3O2/c1-25(14-15-26(2)30(38)39)28(18-20-32(6,7)8)37-24-29(36(12)23-13-19-31(3,4)5)35-34(37)21-16-27(17-22-34)33(9,10)11/h14-15,27-28H,1-2,13,16-24H2,3-12H3,(H,38,39)/b15-14-. The van der Waals surface area contributed by atoms with E-state index in [-0.39, 0.29) is 22.7 Å². The van der Waals surface area contributed by atoms with Gasteiger partial charge in [0.1, 0.15) is 11.5 Å². The summed E-state index contributed by atoms with van der Waals surface area (Å²) < 4.78 is 0. The van der Waals surface area contributed by atoms with Gasteiger partial charge in [-0.1, -0.05) is 81.5 Å². The first kappa shape index (κ1) is 33.3. The van der Waals surface area contributed by atoms with Crippen molar-refractivity contribution in [2.75, 3.05) is 20.1 Å². The predicted molar refractivity (Wildman–Crippen MR) is 167 cm³/mol. The molecule has 5 nitrogen and oxygen atoms in total. The highest BCUT2D eigenvalue weighted by atomic mass is 16.4. The molecule has 2 rings (SSSR count). The lowest BCUT2D eigenvalue weighted by Gasteiger charge is -2.48. The monoisotopic (exact) mass is 541 g/mol. The summed E-state index contributed by atoms with van der Waals surface area (Å²) >= 11 is 0. The molecule has 1 atom stereocenters. The number of rotatable bonds is 10. The Bertz CT molecular complexity index is 931. The Morgan fingerprint density at radius 3 is 2.10 bits per heavy atom. The molecule has 1 spiro atoms. The van der Waals surface area contributed by atoms with Gasteiger partial charge in [-0.15, -0.1) is 0 Å². The number of aliphatic carboxylic acids is 1. The second-order valence-electron chi connectivity index (χ2n) is 15.7. The molecule has 0 aromatic heterocycles. The second-order valence-corrected chi connectivity index (χ2v) is 15.7. The van der Waals surface area contributed by atoms with E-state index >= 15 is 0 Å². The van der Waals surface area contributed by atoms with E-state index in [0.29, 0.717) is 16.7 Å². The van der Waals surface area contributed by atoms with Gasteiger partial charge in [-0.3, -0.25) is 4.90 Å². The molecular formula is C34H59N3O2. The molecule has 222 valence electrons. The van der Waals surface area contributed by atoms with E-state index in [9.17, 15) is 9.90 Å². The minimum Gasteiger partial charge on any atom is -0.478 e. The molecule has 0 aromatic rings. The fraction of sp³-hybridized carbons (Fsp3) is 0.765. The number of carboxylic acid groups (broad SMARTS) is 1. The fourth-order valence-electron chi connectivity index (χ4n) is 6.07. The van der Waals surface area contributed by atoms with Crippen LogP contribution in [0.15, 0.2) is 41.4 Å². The van der Waals surface area contributed by atoms with Gasteiger partial charge in [0.05, 0.1) is 12.1 Å². The van der Waals surface area contributed by atoms with E-state index in [1.54, 1.807) is 6.08 Å². The summed E-state index contributed by atoms with van der Waals surface area (Å²) in [6, 6.07) is 0.0949. The highest BCUT2D eigenvalue weighted by Gasteiger charge is 2.49. The van der Waals surface area contributed by atoms with Crippen LogP contribution in [0.1, 0.15) is 114 Å². The zero-order chi connectivity index (χ0) is 29.8. The molecule has 1 fully saturated rings. The summed E-state index contributed by atoms with van der Waals surface area (Å²) in [6.45, 7) is 30.9. The third-order valence-electron chi connectivity index (χ3n) is 8.80. The Labute approximate surface area is 240 Å². The fourth-order valence-corrected chi connectivity index (χ4v) is 6.07. The largest absolute Gasteiger partial charge is 0.478 e. The lowest BCUT2D eigenvalue weighted by atomic mass is 9.69. The lowest BCUT2D eigenvalue weighted by molar-refractivity contribution is -0.132. The van der Waals surface area contributed by atoms with Crippen molar-refractivity contribution in [1.82, 2.24) is 9.80 Å². The molecule has 0 bridgehead atoms. The average Bonchev–Trinajstić information content (AvgIpc) is 3.14. The minimum absolute atomic E-state index is 0.0862. The summed E-state index contributed by atoms with van der Waals surface area (Å²) in [4.78, 5) is 22.0. The van der Waals surface area contributed by atoms with Crippen LogP contribution in [0.25, 0.3) is 0 Å². The zero-order valence-corrected chi connectivity index (χ0v) is 27.0.